The van der Waals surface area contributed by atoms with Crippen LogP contribution in [0.2, 0.25) is 0 Å². The number of amides is 2. The predicted octanol–water partition coefficient (Wildman–Crippen LogP) is 4.82. The molecule has 2 N–H and O–H groups in total. The van der Waals surface area contributed by atoms with Gasteiger partial charge in [0.25, 0.3) is 0 Å². The van der Waals surface area contributed by atoms with Crippen LogP contribution in [0.25, 0.3) is 0 Å². The Bertz CT molecular complexity index is 1190. The van der Waals surface area contributed by atoms with Crippen molar-refractivity contribution in [1.82, 2.24) is 4.98 Å². The number of benzene rings is 1. The highest BCUT2D eigenvalue weighted by Crippen LogP contribution is 2.37. The van der Waals surface area contributed by atoms with Gasteiger partial charge in [-0.15, -0.1) is 0 Å². The van der Waals surface area contributed by atoms with E-state index in [-0.39, 0.29) is 37.9 Å². The van der Waals surface area contributed by atoms with Gasteiger partial charge in [0.1, 0.15) is 11.3 Å². The van der Waals surface area contributed by atoms with Crippen LogP contribution in [0.3, 0.4) is 0 Å². The summed E-state index contributed by atoms with van der Waals surface area (Å²) in [6.45, 7) is 7.30. The number of hydrogen-bond donors (Lipinski definition) is 1. The van der Waals surface area contributed by atoms with Gasteiger partial charge in [-0.05, 0) is 51.8 Å². The lowest BCUT2D eigenvalue weighted by atomic mass is 10.1. The molecule has 0 aliphatic carbocycles. The number of fused-ring (bicyclic) bond motifs is 4. The first-order chi connectivity index (χ1) is 17.5. The Morgan fingerprint density at radius 1 is 1.19 bits per heavy atom. The van der Waals surface area contributed by atoms with E-state index in [1.807, 2.05) is 12.2 Å². The summed E-state index contributed by atoms with van der Waals surface area (Å²) in [4.78, 5) is 43.7. The van der Waals surface area contributed by atoms with E-state index in [1.54, 1.807) is 52.0 Å². The zero-order chi connectivity index (χ0) is 27.2. The molecule has 2 amide bonds. The van der Waals surface area contributed by atoms with Crippen molar-refractivity contribution in [1.29, 1.82) is 0 Å². The third-order valence-corrected chi connectivity index (χ3v) is 5.10. The molecule has 12 heteroatoms. The van der Waals surface area contributed by atoms with Crippen LogP contribution in [-0.2, 0) is 16.0 Å². The van der Waals surface area contributed by atoms with Gasteiger partial charge < -0.3 is 19.9 Å². The lowest BCUT2D eigenvalue weighted by Gasteiger charge is -2.27. The zero-order valence-electron chi connectivity index (χ0n) is 21.3. The van der Waals surface area contributed by atoms with Crippen LogP contribution in [0.4, 0.5) is 32.5 Å². The summed E-state index contributed by atoms with van der Waals surface area (Å²) in [5.74, 6) is -0.365. The molecule has 12 nitrogen and oxygen atoms in total. The first-order valence-electron chi connectivity index (χ1n) is 11.8. The molecule has 198 valence electrons. The number of hydrogen-bond acceptors (Lipinski definition) is 9. The van der Waals surface area contributed by atoms with Gasteiger partial charge in [-0.2, -0.15) is 4.98 Å². The van der Waals surface area contributed by atoms with Crippen molar-refractivity contribution in [3.63, 3.8) is 0 Å². The molecule has 1 aliphatic rings. The number of nitrogens with zero attached hydrogens (tertiary/aromatic N) is 4. The number of carbonyl (C=O) groups excluding carboxylic acids is 2. The minimum atomic E-state index is -0.817. The highest BCUT2D eigenvalue weighted by Gasteiger charge is 2.31. The van der Waals surface area contributed by atoms with E-state index in [1.165, 1.54) is 11.0 Å². The SMILES string of the molecule is CCOC(=O)N1Cc2cccc(c2)N(C(=O)OC(C)(C)C)C/C=C\CCOc2cc1c([N+](=O)[O-])c(N)n2. The normalized spacial score (nSPS) is 15.0. The van der Waals surface area contributed by atoms with Crippen LogP contribution in [0.15, 0.2) is 42.5 Å². The minimum Gasteiger partial charge on any atom is -0.477 e. The number of aromatic nitrogens is 1. The lowest BCUT2D eigenvalue weighted by molar-refractivity contribution is -0.383. The summed E-state index contributed by atoms with van der Waals surface area (Å²) < 4.78 is 16.4. The van der Waals surface area contributed by atoms with Crippen molar-refractivity contribution in [2.24, 2.45) is 0 Å². The molecule has 0 unspecified atom stereocenters. The second kappa shape index (κ2) is 11.6. The summed E-state index contributed by atoms with van der Waals surface area (Å²) >= 11 is 0. The fraction of sp³-hybridized carbons (Fsp3) is 0.400. The van der Waals surface area contributed by atoms with Crippen molar-refractivity contribution in [3.05, 3.63) is 58.2 Å². The summed E-state index contributed by atoms with van der Waals surface area (Å²) in [7, 11) is 0. The maximum absolute atomic E-state index is 13.0. The summed E-state index contributed by atoms with van der Waals surface area (Å²) in [5.41, 5.74) is 5.64. The Hall–Kier alpha value is -4.35. The van der Waals surface area contributed by atoms with Gasteiger partial charge >= 0.3 is 17.9 Å². The highest BCUT2D eigenvalue weighted by molar-refractivity contribution is 5.93. The van der Waals surface area contributed by atoms with Crippen LogP contribution in [0.1, 0.15) is 39.7 Å². The highest BCUT2D eigenvalue weighted by atomic mass is 16.6. The average molecular weight is 514 g/mol. The maximum atomic E-state index is 13.0. The Morgan fingerprint density at radius 3 is 2.62 bits per heavy atom. The third kappa shape index (κ3) is 7.09. The molecule has 0 spiro atoms. The molecule has 37 heavy (non-hydrogen) atoms. The Labute approximate surface area is 214 Å². The van der Waals surface area contributed by atoms with Gasteiger partial charge in [0, 0.05) is 18.3 Å². The quantitative estimate of drug-likeness (QED) is 0.339. The number of carbonyl (C=O) groups is 2. The van der Waals surface area contributed by atoms with E-state index < -0.39 is 34.2 Å². The number of pyridine rings is 1. The third-order valence-electron chi connectivity index (χ3n) is 5.10. The number of ether oxygens (including phenoxy) is 3. The molecule has 1 aromatic heterocycles. The average Bonchev–Trinajstić information content (AvgIpc) is 2.80. The maximum Gasteiger partial charge on any atom is 0.415 e. The Morgan fingerprint density at radius 2 is 1.95 bits per heavy atom. The summed E-state index contributed by atoms with van der Waals surface area (Å²) in [6.07, 6.45) is 2.74. The fourth-order valence-electron chi connectivity index (χ4n) is 3.57. The van der Waals surface area contributed by atoms with Crippen LogP contribution in [0, 0.1) is 10.1 Å². The van der Waals surface area contributed by atoms with Crippen molar-refractivity contribution in [2.45, 2.75) is 46.3 Å². The number of nitro groups is 1. The summed E-state index contributed by atoms with van der Waals surface area (Å²) in [6, 6.07) is 8.19. The van der Waals surface area contributed by atoms with Gasteiger partial charge in [-0.25, -0.2) is 9.59 Å². The first kappa shape index (κ1) is 27.2. The van der Waals surface area contributed by atoms with Gasteiger partial charge in [0.05, 0.1) is 24.7 Å². The molecule has 4 bridgehead atoms. The second-order valence-corrected chi connectivity index (χ2v) is 9.13. The molecule has 0 saturated heterocycles. The molecule has 0 fully saturated rings. The minimum absolute atomic E-state index is 0.0276. The van der Waals surface area contributed by atoms with Crippen molar-refractivity contribution >= 4 is 35.1 Å². The van der Waals surface area contributed by atoms with Gasteiger partial charge in [0.2, 0.25) is 11.7 Å². The Kier molecular flexibility index (Phi) is 8.53. The van der Waals surface area contributed by atoms with Gasteiger partial charge in [-0.1, -0.05) is 24.3 Å². The predicted molar refractivity (Wildman–Crippen MR) is 138 cm³/mol. The molecular weight excluding hydrogens is 482 g/mol. The Balaban J connectivity index is 2.14. The number of anilines is 3. The fourth-order valence-corrected chi connectivity index (χ4v) is 3.57. The molecule has 2 aromatic rings. The van der Waals surface area contributed by atoms with Gasteiger partial charge in [-0.3, -0.25) is 19.9 Å². The van der Waals surface area contributed by atoms with Crippen LogP contribution >= 0.6 is 0 Å². The number of rotatable bonds is 2. The molecular formula is C25H31N5O7. The van der Waals surface area contributed by atoms with E-state index in [9.17, 15) is 19.7 Å². The zero-order valence-corrected chi connectivity index (χ0v) is 21.3. The molecule has 2 heterocycles. The molecule has 1 aliphatic heterocycles. The van der Waals surface area contributed by atoms with Crippen molar-refractivity contribution in [2.75, 3.05) is 35.3 Å². The first-order valence-corrected chi connectivity index (χ1v) is 11.8. The van der Waals surface area contributed by atoms with Gasteiger partial charge in [0.15, 0.2) is 0 Å². The second-order valence-electron chi connectivity index (χ2n) is 9.13. The monoisotopic (exact) mass is 513 g/mol. The van der Waals surface area contributed by atoms with Crippen molar-refractivity contribution in [3.8, 4) is 5.88 Å². The molecule has 0 radical (unpaired) electrons. The number of nitrogen functional groups attached to an aromatic ring is 1. The van der Waals surface area contributed by atoms with E-state index >= 15 is 0 Å². The van der Waals surface area contributed by atoms with E-state index in [0.29, 0.717) is 17.7 Å². The standard InChI is InChI=1S/C25H31N5O7/c1-5-35-23(31)29-16-17-10-9-11-18(14-17)28(24(32)37-25(2,3)4)12-7-6-8-13-36-20-15-19(29)21(30(33)34)22(26)27-20/h6-7,9-11,14-15H,5,8,12-13,16H2,1-4H3,(H2,26,27)/b7-6-. The summed E-state index contributed by atoms with van der Waals surface area (Å²) in [5, 5.41) is 11.9. The van der Waals surface area contributed by atoms with E-state index in [0.717, 1.165) is 4.90 Å². The topological polar surface area (TPSA) is 150 Å². The van der Waals surface area contributed by atoms with Crippen LogP contribution in [-0.4, -0.2) is 47.5 Å². The van der Waals surface area contributed by atoms with E-state index in [4.69, 9.17) is 19.9 Å². The molecule has 0 saturated carbocycles. The van der Waals surface area contributed by atoms with E-state index in [2.05, 4.69) is 4.98 Å². The molecule has 1 aromatic carbocycles. The van der Waals surface area contributed by atoms with Crippen LogP contribution in [0.5, 0.6) is 5.88 Å². The smallest absolute Gasteiger partial charge is 0.415 e. The largest absolute Gasteiger partial charge is 0.477 e. The van der Waals surface area contributed by atoms with Crippen molar-refractivity contribution < 1.29 is 28.7 Å². The number of nitrogens with two attached hydrogens (primary N) is 1. The molecule has 3 rings (SSSR count). The lowest BCUT2D eigenvalue weighted by Crippen LogP contribution is -2.37. The van der Waals surface area contributed by atoms with Crippen LogP contribution < -0.4 is 20.3 Å². The molecule has 0 atom stereocenters.